The Balaban J connectivity index is 2.34. The molecule has 1 aromatic rings. The number of nitrogen functional groups attached to an aromatic ring is 1. The summed E-state index contributed by atoms with van der Waals surface area (Å²) in [7, 11) is 2.16. The smallest absolute Gasteiger partial charge is 0.148 e. The summed E-state index contributed by atoms with van der Waals surface area (Å²) in [5.74, 6) is 7.64. The van der Waals surface area contributed by atoms with Gasteiger partial charge in [0.05, 0.1) is 0 Å². The highest BCUT2D eigenvalue weighted by Gasteiger charge is 2.25. The molecule has 6 heteroatoms. The van der Waals surface area contributed by atoms with Crippen molar-refractivity contribution < 1.29 is 0 Å². The highest BCUT2D eigenvalue weighted by Crippen LogP contribution is 2.31. The lowest BCUT2D eigenvalue weighted by Gasteiger charge is -2.39. The molecule has 0 aliphatic carbocycles. The first-order chi connectivity index (χ1) is 9.04. The summed E-state index contributed by atoms with van der Waals surface area (Å²) in [5, 5.41) is 0. The van der Waals surface area contributed by atoms with Crippen molar-refractivity contribution in [2.24, 2.45) is 5.84 Å². The van der Waals surface area contributed by atoms with Crippen LogP contribution in [0.2, 0.25) is 0 Å². The molecule has 1 saturated heterocycles. The molecule has 19 heavy (non-hydrogen) atoms. The monoisotopic (exact) mass is 264 g/mol. The van der Waals surface area contributed by atoms with Crippen LogP contribution in [0.25, 0.3) is 0 Å². The van der Waals surface area contributed by atoms with Gasteiger partial charge in [-0.25, -0.2) is 15.8 Å². The summed E-state index contributed by atoms with van der Waals surface area (Å²) < 4.78 is 0. The van der Waals surface area contributed by atoms with Gasteiger partial charge in [0.2, 0.25) is 0 Å². The van der Waals surface area contributed by atoms with Crippen molar-refractivity contribution in [2.75, 3.05) is 37.0 Å². The van der Waals surface area contributed by atoms with Crippen LogP contribution in [0.5, 0.6) is 0 Å². The predicted molar refractivity (Wildman–Crippen MR) is 78.2 cm³/mol. The van der Waals surface area contributed by atoms with E-state index in [1.807, 2.05) is 0 Å². The lowest BCUT2D eigenvalue weighted by atomic mass is 10.0. The first-order valence-electron chi connectivity index (χ1n) is 6.81. The molecule has 6 nitrogen and oxygen atoms in total. The fraction of sp³-hybridized carbons (Fsp3) is 0.692. The highest BCUT2D eigenvalue weighted by molar-refractivity contribution is 5.60. The Morgan fingerprint density at radius 3 is 2.68 bits per heavy atom. The van der Waals surface area contributed by atoms with Crippen LogP contribution < -0.4 is 16.2 Å². The number of nitrogens with one attached hydrogen (secondary N) is 1. The van der Waals surface area contributed by atoms with Gasteiger partial charge in [-0.3, -0.25) is 0 Å². The maximum absolute atomic E-state index is 5.57. The summed E-state index contributed by atoms with van der Waals surface area (Å²) in [5.41, 5.74) is 3.79. The van der Waals surface area contributed by atoms with Crippen LogP contribution in [0.1, 0.15) is 32.3 Å². The Hall–Kier alpha value is -1.40. The minimum absolute atomic E-state index is 0.331. The zero-order valence-electron chi connectivity index (χ0n) is 12.2. The maximum atomic E-state index is 5.57. The zero-order chi connectivity index (χ0) is 14.0. The number of rotatable bonds is 3. The number of nitrogens with zero attached hydrogens (tertiary/aromatic N) is 4. The van der Waals surface area contributed by atoms with Gasteiger partial charge in [0.15, 0.2) is 0 Å². The van der Waals surface area contributed by atoms with E-state index in [0.29, 0.717) is 12.0 Å². The zero-order valence-corrected chi connectivity index (χ0v) is 12.2. The van der Waals surface area contributed by atoms with Crippen molar-refractivity contribution in [3.63, 3.8) is 0 Å². The van der Waals surface area contributed by atoms with E-state index in [4.69, 9.17) is 5.84 Å². The summed E-state index contributed by atoms with van der Waals surface area (Å²) in [4.78, 5) is 13.4. The van der Waals surface area contributed by atoms with Gasteiger partial charge in [-0.15, -0.1) is 0 Å². The quantitative estimate of drug-likeness (QED) is 0.627. The van der Waals surface area contributed by atoms with E-state index in [9.17, 15) is 0 Å². The van der Waals surface area contributed by atoms with Crippen LogP contribution in [0.4, 0.5) is 11.6 Å². The standard InChI is InChI=1S/C13H24N6/c1-9(2)11-12(17-14)15-8-16-13(11)19-6-5-18(4)10(3)7-19/h8-10H,5-7,14H2,1-4H3,(H,15,16,17). The molecule has 0 spiro atoms. The number of piperazine rings is 1. The first kappa shape index (κ1) is 14.0. The molecule has 0 saturated carbocycles. The van der Waals surface area contributed by atoms with Crippen molar-refractivity contribution >= 4 is 11.6 Å². The SMILES string of the molecule is CC(C)c1c(NN)ncnc1N1CCN(C)C(C)C1. The number of hydrazine groups is 1. The molecule has 2 heterocycles. The molecule has 1 aromatic heterocycles. The Morgan fingerprint density at radius 1 is 1.37 bits per heavy atom. The van der Waals surface area contributed by atoms with Crippen molar-refractivity contribution in [3.05, 3.63) is 11.9 Å². The third-order valence-corrected chi connectivity index (χ3v) is 3.84. The van der Waals surface area contributed by atoms with Gasteiger partial charge >= 0.3 is 0 Å². The molecule has 1 fully saturated rings. The van der Waals surface area contributed by atoms with Crippen LogP contribution in [0.3, 0.4) is 0 Å². The number of anilines is 2. The molecule has 1 aliphatic rings. The van der Waals surface area contributed by atoms with E-state index in [-0.39, 0.29) is 0 Å². The van der Waals surface area contributed by atoms with Gasteiger partial charge in [0.1, 0.15) is 18.0 Å². The third-order valence-electron chi connectivity index (χ3n) is 3.84. The van der Waals surface area contributed by atoms with Crippen molar-refractivity contribution in [1.82, 2.24) is 14.9 Å². The van der Waals surface area contributed by atoms with Gasteiger partial charge < -0.3 is 15.2 Å². The van der Waals surface area contributed by atoms with Crippen LogP contribution in [0.15, 0.2) is 6.33 Å². The summed E-state index contributed by atoms with van der Waals surface area (Å²) in [6.07, 6.45) is 1.58. The van der Waals surface area contributed by atoms with Crippen molar-refractivity contribution in [3.8, 4) is 0 Å². The van der Waals surface area contributed by atoms with Crippen LogP contribution in [-0.4, -0.2) is 47.6 Å². The Morgan fingerprint density at radius 2 is 2.11 bits per heavy atom. The van der Waals surface area contributed by atoms with E-state index in [1.54, 1.807) is 6.33 Å². The summed E-state index contributed by atoms with van der Waals surface area (Å²) >= 11 is 0. The van der Waals surface area contributed by atoms with Crippen molar-refractivity contribution in [1.29, 1.82) is 0 Å². The molecule has 0 bridgehead atoms. The molecule has 0 aromatic carbocycles. The molecule has 3 N–H and O–H groups in total. The molecule has 106 valence electrons. The van der Waals surface area contributed by atoms with Gasteiger partial charge in [0.25, 0.3) is 0 Å². The van der Waals surface area contributed by atoms with E-state index < -0.39 is 0 Å². The van der Waals surface area contributed by atoms with Gasteiger partial charge in [-0.1, -0.05) is 13.8 Å². The molecular formula is C13H24N6. The molecule has 2 rings (SSSR count). The van der Waals surface area contributed by atoms with Gasteiger partial charge in [-0.05, 0) is 19.9 Å². The number of hydrogen-bond acceptors (Lipinski definition) is 6. The van der Waals surface area contributed by atoms with Crippen LogP contribution in [-0.2, 0) is 0 Å². The largest absolute Gasteiger partial charge is 0.353 e. The second-order valence-corrected chi connectivity index (χ2v) is 5.53. The lowest BCUT2D eigenvalue weighted by Crippen LogP contribution is -2.50. The molecule has 0 radical (unpaired) electrons. The second-order valence-electron chi connectivity index (χ2n) is 5.53. The van der Waals surface area contributed by atoms with Crippen molar-refractivity contribution in [2.45, 2.75) is 32.7 Å². The van der Waals surface area contributed by atoms with Gasteiger partial charge in [0, 0.05) is 31.2 Å². The normalized spacial score (nSPS) is 20.9. The average molecular weight is 264 g/mol. The topological polar surface area (TPSA) is 70.3 Å². The first-order valence-corrected chi connectivity index (χ1v) is 6.81. The number of hydrogen-bond donors (Lipinski definition) is 2. The van der Waals surface area contributed by atoms with E-state index >= 15 is 0 Å². The lowest BCUT2D eigenvalue weighted by molar-refractivity contribution is 0.233. The minimum atomic E-state index is 0.331. The molecular weight excluding hydrogens is 240 g/mol. The fourth-order valence-electron chi connectivity index (χ4n) is 2.53. The Labute approximate surface area is 115 Å². The fourth-order valence-corrected chi connectivity index (χ4v) is 2.53. The molecule has 1 unspecified atom stereocenters. The van der Waals surface area contributed by atoms with Crippen LogP contribution >= 0.6 is 0 Å². The van der Waals surface area contributed by atoms with Crippen LogP contribution in [0, 0.1) is 0 Å². The molecule has 1 aliphatic heterocycles. The van der Waals surface area contributed by atoms with E-state index in [1.165, 1.54) is 0 Å². The minimum Gasteiger partial charge on any atom is -0.353 e. The summed E-state index contributed by atoms with van der Waals surface area (Å²) in [6, 6.07) is 0.526. The number of likely N-dealkylation sites (N-methyl/N-ethyl adjacent to an activating group) is 1. The average Bonchev–Trinajstić information content (AvgIpc) is 2.40. The second kappa shape index (κ2) is 5.71. The number of aromatic nitrogens is 2. The summed E-state index contributed by atoms with van der Waals surface area (Å²) in [6.45, 7) is 9.54. The third kappa shape index (κ3) is 2.79. The maximum Gasteiger partial charge on any atom is 0.148 e. The number of nitrogens with two attached hydrogens (primary N) is 1. The molecule has 1 atom stereocenters. The Bertz CT molecular complexity index is 433. The van der Waals surface area contributed by atoms with E-state index in [0.717, 1.165) is 36.8 Å². The van der Waals surface area contributed by atoms with Gasteiger partial charge in [-0.2, -0.15) is 0 Å². The highest BCUT2D eigenvalue weighted by atomic mass is 15.3. The van der Waals surface area contributed by atoms with E-state index in [2.05, 4.69) is 53.0 Å². The Kier molecular flexibility index (Phi) is 4.21. The molecule has 0 amide bonds. The predicted octanol–water partition coefficient (Wildman–Crippen LogP) is 1.03.